The molecule has 1 atom stereocenters. The van der Waals surface area contributed by atoms with E-state index in [4.69, 9.17) is 9.52 Å². The van der Waals surface area contributed by atoms with Crippen LogP contribution in [0.5, 0.6) is 0 Å². The topological polar surface area (TPSA) is 86.9 Å². The van der Waals surface area contributed by atoms with Crippen LogP contribution in [0.4, 0.5) is 0 Å². The Labute approximate surface area is 213 Å². The molecule has 1 aromatic carbocycles. The van der Waals surface area contributed by atoms with Gasteiger partial charge in [0, 0.05) is 44.2 Å². The van der Waals surface area contributed by atoms with Crippen LogP contribution in [-0.4, -0.2) is 63.4 Å². The van der Waals surface area contributed by atoms with Gasteiger partial charge in [0.25, 0.3) is 5.89 Å². The number of rotatable bonds is 3. The number of likely N-dealkylation sites (tertiary alicyclic amines) is 1. The summed E-state index contributed by atoms with van der Waals surface area (Å²) in [5, 5.41) is 7.53. The van der Waals surface area contributed by atoms with E-state index in [9.17, 15) is 4.79 Å². The average molecular weight is 489 g/mol. The number of nitrogens with one attached hydrogen (secondary N) is 1. The molecule has 4 heterocycles. The van der Waals surface area contributed by atoms with Gasteiger partial charge in [-0.15, -0.1) is 0 Å². The molecule has 1 aromatic heterocycles. The third-order valence-electron chi connectivity index (χ3n) is 7.70. The van der Waals surface area contributed by atoms with Gasteiger partial charge in [-0.3, -0.25) is 4.79 Å². The maximum absolute atomic E-state index is 13.8. The molecule has 3 aliphatic rings. The van der Waals surface area contributed by atoms with Crippen molar-refractivity contribution in [3.63, 3.8) is 0 Å². The monoisotopic (exact) mass is 488 g/mol. The van der Waals surface area contributed by atoms with E-state index in [-0.39, 0.29) is 5.91 Å². The summed E-state index contributed by atoms with van der Waals surface area (Å²) < 4.78 is 5.42. The number of benzene rings is 1. The molecule has 0 bridgehead atoms. The SMILES string of the molecule is C=C1/C=C(/C)CCC(C)C(N2CCC3(CC2)NCCN(Cc2ccccc2-c2nc(C)no2)C3=O)=N1. The van der Waals surface area contributed by atoms with Gasteiger partial charge in [-0.2, -0.15) is 4.98 Å². The van der Waals surface area contributed by atoms with E-state index in [1.807, 2.05) is 36.1 Å². The highest BCUT2D eigenvalue weighted by atomic mass is 16.5. The van der Waals surface area contributed by atoms with Crippen molar-refractivity contribution in [2.45, 2.75) is 58.5 Å². The number of piperazine rings is 1. The van der Waals surface area contributed by atoms with E-state index < -0.39 is 5.54 Å². The molecule has 1 unspecified atom stereocenters. The first-order chi connectivity index (χ1) is 17.3. The number of piperidine rings is 1. The van der Waals surface area contributed by atoms with Gasteiger partial charge in [-0.05, 0) is 57.2 Å². The second kappa shape index (κ2) is 10.0. The first-order valence-electron chi connectivity index (χ1n) is 13.0. The molecule has 2 aromatic rings. The smallest absolute Gasteiger partial charge is 0.258 e. The summed E-state index contributed by atoms with van der Waals surface area (Å²) in [5.74, 6) is 2.76. The molecule has 1 N–H and O–H groups in total. The maximum Gasteiger partial charge on any atom is 0.258 e. The number of carbonyl (C=O) groups excluding carboxylic acids is 1. The Morgan fingerprint density at radius 3 is 2.72 bits per heavy atom. The molecular weight excluding hydrogens is 452 g/mol. The molecule has 190 valence electrons. The van der Waals surface area contributed by atoms with Crippen molar-refractivity contribution in [2.24, 2.45) is 10.9 Å². The van der Waals surface area contributed by atoms with Crippen molar-refractivity contribution in [3.05, 3.63) is 59.6 Å². The highest BCUT2D eigenvalue weighted by molar-refractivity contribution is 5.89. The van der Waals surface area contributed by atoms with Crippen LogP contribution in [0.3, 0.4) is 0 Å². The van der Waals surface area contributed by atoms with Crippen molar-refractivity contribution in [1.82, 2.24) is 25.3 Å². The van der Waals surface area contributed by atoms with Gasteiger partial charge >= 0.3 is 0 Å². The summed E-state index contributed by atoms with van der Waals surface area (Å²) in [6.45, 7) is 14.0. The van der Waals surface area contributed by atoms with Crippen molar-refractivity contribution in [1.29, 1.82) is 0 Å². The number of nitrogens with zero attached hydrogens (tertiary/aromatic N) is 5. The summed E-state index contributed by atoms with van der Waals surface area (Å²) in [5.41, 5.74) is 3.53. The maximum atomic E-state index is 13.8. The predicted octanol–water partition coefficient (Wildman–Crippen LogP) is 4.10. The van der Waals surface area contributed by atoms with Crippen molar-refractivity contribution < 1.29 is 9.32 Å². The highest BCUT2D eigenvalue weighted by Crippen LogP contribution is 2.31. The van der Waals surface area contributed by atoms with Crippen LogP contribution in [0.2, 0.25) is 0 Å². The number of amidine groups is 1. The fourth-order valence-electron chi connectivity index (χ4n) is 5.65. The molecule has 0 aliphatic carbocycles. The van der Waals surface area contributed by atoms with Gasteiger partial charge in [0.1, 0.15) is 11.4 Å². The van der Waals surface area contributed by atoms with Crippen LogP contribution in [0, 0.1) is 12.8 Å². The standard InChI is InChI=1S/C28H36N6O2/c1-19-9-10-20(2)25(30-21(3)17-19)33-14-11-28(12-15-33)27(35)34(16-13-29-28)18-23-7-5-6-8-24(23)26-31-22(4)32-36-26/h5-8,17,20,29H,3,9-16,18H2,1-2,4H3/b19-17-,30-25?. The van der Waals surface area contributed by atoms with Crippen LogP contribution in [0.25, 0.3) is 11.5 Å². The van der Waals surface area contributed by atoms with Gasteiger partial charge in [0.2, 0.25) is 5.91 Å². The quantitative estimate of drug-likeness (QED) is 0.700. The average Bonchev–Trinajstić information content (AvgIpc) is 3.30. The number of hydrogen-bond donors (Lipinski definition) is 1. The van der Waals surface area contributed by atoms with Crippen LogP contribution < -0.4 is 5.32 Å². The zero-order valence-corrected chi connectivity index (χ0v) is 21.6. The molecule has 2 saturated heterocycles. The number of amides is 1. The number of allylic oxidation sites excluding steroid dienone is 2. The fraction of sp³-hybridized carbons (Fsp3) is 0.500. The van der Waals surface area contributed by atoms with Crippen molar-refractivity contribution in [2.75, 3.05) is 26.2 Å². The van der Waals surface area contributed by atoms with Crippen molar-refractivity contribution in [3.8, 4) is 11.5 Å². The van der Waals surface area contributed by atoms with E-state index in [0.717, 1.165) is 68.0 Å². The molecule has 3 aliphatic heterocycles. The van der Waals surface area contributed by atoms with E-state index in [2.05, 4.69) is 46.9 Å². The Hall–Kier alpha value is -3.26. The van der Waals surface area contributed by atoms with Crippen LogP contribution in [-0.2, 0) is 11.3 Å². The fourth-order valence-corrected chi connectivity index (χ4v) is 5.65. The minimum atomic E-state index is -0.524. The Balaban J connectivity index is 1.30. The second-order valence-electron chi connectivity index (χ2n) is 10.4. The number of hydrogen-bond acceptors (Lipinski definition) is 7. The molecule has 1 amide bonds. The lowest BCUT2D eigenvalue weighted by atomic mass is 9.83. The molecule has 0 saturated carbocycles. The molecule has 8 heteroatoms. The summed E-state index contributed by atoms with van der Waals surface area (Å²) in [4.78, 5) is 27.5. The Morgan fingerprint density at radius 1 is 1.19 bits per heavy atom. The van der Waals surface area contributed by atoms with Gasteiger partial charge in [-0.1, -0.05) is 42.4 Å². The Morgan fingerprint density at radius 2 is 1.97 bits per heavy atom. The molecular formula is C28H36N6O2. The zero-order valence-electron chi connectivity index (χ0n) is 21.6. The first-order valence-corrected chi connectivity index (χ1v) is 13.0. The summed E-state index contributed by atoms with van der Waals surface area (Å²) in [6, 6.07) is 7.96. The van der Waals surface area contributed by atoms with E-state index >= 15 is 0 Å². The number of carbonyl (C=O) groups is 1. The zero-order chi connectivity index (χ0) is 25.3. The van der Waals surface area contributed by atoms with Crippen LogP contribution in [0.15, 0.2) is 57.7 Å². The number of aromatic nitrogens is 2. The second-order valence-corrected chi connectivity index (χ2v) is 10.4. The molecule has 0 radical (unpaired) electrons. The molecule has 8 nitrogen and oxygen atoms in total. The lowest BCUT2D eigenvalue weighted by Gasteiger charge is -2.48. The minimum Gasteiger partial charge on any atom is -0.360 e. The lowest BCUT2D eigenvalue weighted by Crippen LogP contribution is -2.67. The molecule has 2 fully saturated rings. The Bertz CT molecular complexity index is 1200. The summed E-state index contributed by atoms with van der Waals surface area (Å²) in [6.07, 6.45) is 5.77. The molecule has 36 heavy (non-hydrogen) atoms. The van der Waals surface area contributed by atoms with E-state index in [1.54, 1.807) is 0 Å². The van der Waals surface area contributed by atoms with E-state index in [0.29, 0.717) is 30.7 Å². The first kappa shape index (κ1) is 24.4. The van der Waals surface area contributed by atoms with E-state index in [1.165, 1.54) is 5.57 Å². The largest absolute Gasteiger partial charge is 0.360 e. The highest BCUT2D eigenvalue weighted by Gasteiger charge is 2.46. The van der Waals surface area contributed by atoms with Crippen LogP contribution in [0.1, 0.15) is 50.9 Å². The van der Waals surface area contributed by atoms with Gasteiger partial charge in [0.05, 0.1) is 5.70 Å². The minimum absolute atomic E-state index is 0.181. The number of aliphatic imine (C=N–C) groups is 1. The molecule has 5 rings (SSSR count). The predicted molar refractivity (Wildman–Crippen MR) is 140 cm³/mol. The third kappa shape index (κ3) is 4.87. The lowest BCUT2D eigenvalue weighted by molar-refractivity contribution is -0.144. The summed E-state index contributed by atoms with van der Waals surface area (Å²) >= 11 is 0. The normalized spacial score (nSPS) is 24.2. The Kier molecular flexibility index (Phi) is 6.79. The van der Waals surface area contributed by atoms with Gasteiger partial charge in [-0.25, -0.2) is 4.99 Å². The third-order valence-corrected chi connectivity index (χ3v) is 7.70. The van der Waals surface area contributed by atoms with Gasteiger partial charge in [0.15, 0.2) is 5.82 Å². The van der Waals surface area contributed by atoms with Crippen molar-refractivity contribution >= 4 is 11.7 Å². The van der Waals surface area contributed by atoms with Crippen LogP contribution >= 0.6 is 0 Å². The number of aryl methyl sites for hydroxylation is 1. The van der Waals surface area contributed by atoms with Gasteiger partial charge < -0.3 is 19.6 Å². The molecule has 1 spiro atoms. The summed E-state index contributed by atoms with van der Waals surface area (Å²) in [7, 11) is 0.